The SMILES string of the molecule is CC[Si](C)(C)O[Si](C)(C)O[Si](C)(C)CC(C)=O. The largest absolute Gasteiger partial charge is 0.437 e. The maximum Gasteiger partial charge on any atom is 0.311 e. The van der Waals surface area contributed by atoms with Crippen molar-refractivity contribution >= 4 is 31.0 Å². The summed E-state index contributed by atoms with van der Waals surface area (Å²) in [6.45, 7) is 16.7. The second kappa shape index (κ2) is 5.92. The number of carbonyl (C=O) groups excluding carboxylic acids is 1. The third-order valence-electron chi connectivity index (χ3n) is 2.57. The Kier molecular flexibility index (Phi) is 6.01. The Balaban J connectivity index is 4.58. The zero-order chi connectivity index (χ0) is 13.9. The molecule has 0 heterocycles. The van der Waals surface area contributed by atoms with Crippen LogP contribution in [-0.2, 0) is 13.0 Å². The molecule has 6 heteroatoms. The molecule has 0 aromatic carbocycles. The van der Waals surface area contributed by atoms with E-state index in [0.717, 1.165) is 6.04 Å². The fraction of sp³-hybridized carbons (Fsp3) is 0.909. The Morgan fingerprint density at radius 3 is 1.71 bits per heavy atom. The number of hydrogen-bond donors (Lipinski definition) is 0. The van der Waals surface area contributed by atoms with Crippen molar-refractivity contribution < 1.29 is 13.0 Å². The molecule has 0 aliphatic carbocycles. The van der Waals surface area contributed by atoms with Gasteiger partial charge in [-0.25, -0.2) is 0 Å². The van der Waals surface area contributed by atoms with Gasteiger partial charge in [-0.15, -0.1) is 0 Å². The summed E-state index contributed by atoms with van der Waals surface area (Å²) in [6, 6.07) is 1.68. The van der Waals surface area contributed by atoms with E-state index >= 15 is 0 Å². The molecular formula is C11H28O3Si3. The summed E-state index contributed by atoms with van der Waals surface area (Å²) in [7, 11) is -5.57. The molecule has 0 aromatic rings. The highest BCUT2D eigenvalue weighted by Gasteiger charge is 2.39. The van der Waals surface area contributed by atoms with Crippen LogP contribution in [-0.4, -0.2) is 31.0 Å². The topological polar surface area (TPSA) is 35.5 Å². The highest BCUT2D eigenvalue weighted by atomic mass is 28.5. The summed E-state index contributed by atoms with van der Waals surface area (Å²) >= 11 is 0. The van der Waals surface area contributed by atoms with Crippen molar-refractivity contribution in [1.82, 2.24) is 0 Å². The lowest BCUT2D eigenvalue weighted by Gasteiger charge is -2.38. The second-order valence-electron chi connectivity index (χ2n) is 6.36. The van der Waals surface area contributed by atoms with Crippen LogP contribution in [0.15, 0.2) is 0 Å². The summed E-state index contributed by atoms with van der Waals surface area (Å²) in [4.78, 5) is 11.2. The van der Waals surface area contributed by atoms with Gasteiger partial charge < -0.3 is 13.0 Å². The Labute approximate surface area is 109 Å². The fourth-order valence-electron chi connectivity index (χ4n) is 2.06. The highest BCUT2D eigenvalue weighted by molar-refractivity contribution is 6.88. The van der Waals surface area contributed by atoms with E-state index in [4.69, 9.17) is 8.23 Å². The molecule has 0 atom stereocenters. The first-order valence-electron chi connectivity index (χ1n) is 6.29. The normalized spacial score (nSPS) is 13.9. The summed E-state index contributed by atoms with van der Waals surface area (Å²) < 4.78 is 12.5. The maximum atomic E-state index is 11.2. The number of carbonyl (C=O) groups is 1. The van der Waals surface area contributed by atoms with Gasteiger partial charge in [0.1, 0.15) is 5.78 Å². The minimum atomic E-state index is -2.09. The van der Waals surface area contributed by atoms with Crippen LogP contribution < -0.4 is 0 Å². The molecule has 3 nitrogen and oxygen atoms in total. The van der Waals surface area contributed by atoms with Gasteiger partial charge in [-0.2, -0.15) is 0 Å². The molecular weight excluding hydrogens is 264 g/mol. The average molecular weight is 293 g/mol. The molecule has 0 saturated heterocycles. The summed E-state index contributed by atoms with van der Waals surface area (Å²) in [5, 5.41) is 0. The van der Waals surface area contributed by atoms with E-state index < -0.39 is 25.2 Å². The van der Waals surface area contributed by atoms with Gasteiger partial charge in [0.05, 0.1) is 0 Å². The van der Waals surface area contributed by atoms with Gasteiger partial charge in [0.2, 0.25) is 0 Å². The van der Waals surface area contributed by atoms with Gasteiger partial charge in [0.25, 0.3) is 0 Å². The van der Waals surface area contributed by atoms with Gasteiger partial charge in [-0.3, -0.25) is 0 Å². The third kappa shape index (κ3) is 8.04. The van der Waals surface area contributed by atoms with Gasteiger partial charge in [0, 0.05) is 6.04 Å². The molecule has 0 aliphatic heterocycles. The Morgan fingerprint density at radius 2 is 1.35 bits per heavy atom. The van der Waals surface area contributed by atoms with Crippen molar-refractivity contribution in [3.8, 4) is 0 Å². The summed E-state index contributed by atoms with van der Waals surface area (Å²) in [5.41, 5.74) is 0. The Hall–Kier alpha value is 0.241. The number of hydrogen-bond acceptors (Lipinski definition) is 3. The molecule has 0 rings (SSSR count). The van der Waals surface area contributed by atoms with E-state index in [-0.39, 0.29) is 5.78 Å². The third-order valence-corrected chi connectivity index (χ3v) is 14.0. The molecule has 0 aromatic heterocycles. The molecule has 0 amide bonds. The van der Waals surface area contributed by atoms with Crippen molar-refractivity contribution in [2.75, 3.05) is 0 Å². The zero-order valence-electron chi connectivity index (χ0n) is 12.6. The minimum Gasteiger partial charge on any atom is -0.437 e. The van der Waals surface area contributed by atoms with E-state index in [1.54, 1.807) is 6.92 Å². The minimum absolute atomic E-state index is 0.221. The van der Waals surface area contributed by atoms with Crippen molar-refractivity contribution in [2.24, 2.45) is 0 Å². The molecule has 0 saturated carbocycles. The Morgan fingerprint density at radius 1 is 0.941 bits per heavy atom. The van der Waals surface area contributed by atoms with Crippen LogP contribution in [0.5, 0.6) is 0 Å². The monoisotopic (exact) mass is 292 g/mol. The van der Waals surface area contributed by atoms with Crippen LogP contribution >= 0.6 is 0 Å². The van der Waals surface area contributed by atoms with Crippen LogP contribution in [0, 0.1) is 0 Å². The molecule has 0 bridgehead atoms. The lowest BCUT2D eigenvalue weighted by atomic mass is 10.5. The summed E-state index contributed by atoms with van der Waals surface area (Å²) in [6.07, 6.45) is 0. The quantitative estimate of drug-likeness (QED) is 0.671. The van der Waals surface area contributed by atoms with Gasteiger partial charge in [0.15, 0.2) is 16.6 Å². The van der Waals surface area contributed by atoms with Gasteiger partial charge >= 0.3 is 8.56 Å². The first-order valence-corrected chi connectivity index (χ1v) is 15.3. The van der Waals surface area contributed by atoms with E-state index in [1.165, 1.54) is 0 Å². The maximum absolute atomic E-state index is 11.2. The van der Waals surface area contributed by atoms with E-state index in [0.29, 0.717) is 6.04 Å². The molecule has 0 fully saturated rings. The van der Waals surface area contributed by atoms with Crippen molar-refractivity contribution in [3.63, 3.8) is 0 Å². The predicted molar refractivity (Wildman–Crippen MR) is 80.6 cm³/mol. The number of rotatable bonds is 7. The van der Waals surface area contributed by atoms with Gasteiger partial charge in [-0.05, 0) is 52.2 Å². The standard InChI is InChI=1S/C11H28O3Si3/c1-9-15(3,4)13-17(7,8)14-16(5,6)10-11(2)12/h9-10H2,1-8H3. The first-order chi connectivity index (χ1) is 7.39. The van der Waals surface area contributed by atoms with Crippen molar-refractivity contribution in [2.45, 2.75) is 65.2 Å². The molecule has 0 spiro atoms. The highest BCUT2D eigenvalue weighted by Crippen LogP contribution is 2.24. The Bertz CT molecular complexity index is 275. The number of ketones is 1. The molecule has 102 valence electrons. The van der Waals surface area contributed by atoms with Crippen LogP contribution in [0.4, 0.5) is 0 Å². The van der Waals surface area contributed by atoms with E-state index in [9.17, 15) is 4.79 Å². The van der Waals surface area contributed by atoms with E-state index in [1.807, 2.05) is 0 Å². The zero-order valence-corrected chi connectivity index (χ0v) is 15.6. The van der Waals surface area contributed by atoms with Crippen molar-refractivity contribution in [1.29, 1.82) is 0 Å². The molecule has 0 aliphatic rings. The molecule has 0 unspecified atom stereocenters. The van der Waals surface area contributed by atoms with Crippen LogP contribution in [0.3, 0.4) is 0 Å². The lowest BCUT2D eigenvalue weighted by molar-refractivity contribution is -0.115. The van der Waals surface area contributed by atoms with Crippen LogP contribution in [0.25, 0.3) is 0 Å². The van der Waals surface area contributed by atoms with Gasteiger partial charge in [-0.1, -0.05) is 6.92 Å². The molecule has 17 heavy (non-hydrogen) atoms. The molecule has 0 radical (unpaired) electrons. The van der Waals surface area contributed by atoms with E-state index in [2.05, 4.69) is 46.2 Å². The second-order valence-corrected chi connectivity index (χ2v) is 18.9. The average Bonchev–Trinajstić information content (AvgIpc) is 1.96. The smallest absolute Gasteiger partial charge is 0.311 e. The van der Waals surface area contributed by atoms with Crippen LogP contribution in [0.1, 0.15) is 13.8 Å². The number of Topliss-reactive ketones (excluding diaryl/α,β-unsaturated/α-hetero) is 1. The van der Waals surface area contributed by atoms with Crippen LogP contribution in [0.2, 0.25) is 51.4 Å². The summed E-state index contributed by atoms with van der Waals surface area (Å²) in [5.74, 6) is 0.221. The first kappa shape index (κ1) is 17.2. The lowest BCUT2D eigenvalue weighted by Crippen LogP contribution is -2.52. The predicted octanol–water partition coefficient (Wildman–Crippen LogP) is 3.74. The molecule has 0 N–H and O–H groups in total. The van der Waals surface area contributed by atoms with Crippen molar-refractivity contribution in [3.05, 3.63) is 0 Å². The fourth-order valence-corrected chi connectivity index (χ4v) is 15.3.